The van der Waals surface area contributed by atoms with Crippen LogP contribution in [0.4, 0.5) is 0 Å². The van der Waals surface area contributed by atoms with Crippen LogP contribution in [0.2, 0.25) is 5.02 Å². The maximum absolute atomic E-state index is 11.7. The molecule has 0 bridgehead atoms. The minimum Gasteiger partial charge on any atom is -0.457 e. The highest BCUT2D eigenvalue weighted by molar-refractivity contribution is 6.30. The van der Waals surface area contributed by atoms with Gasteiger partial charge in [-0.25, -0.2) is 5.06 Å². The van der Waals surface area contributed by atoms with Crippen molar-refractivity contribution in [2.75, 3.05) is 14.2 Å². The Bertz CT molecular complexity index is 596. The van der Waals surface area contributed by atoms with E-state index < -0.39 is 0 Å². The Labute approximate surface area is 128 Å². The van der Waals surface area contributed by atoms with Gasteiger partial charge >= 0.3 is 0 Å². The quantitative estimate of drug-likeness (QED) is 0.791. The third kappa shape index (κ3) is 4.48. The van der Waals surface area contributed by atoms with Gasteiger partial charge in [-0.2, -0.15) is 0 Å². The first-order valence-electron chi connectivity index (χ1n) is 6.41. The summed E-state index contributed by atoms with van der Waals surface area (Å²) in [5, 5.41) is 1.87. The average molecular weight is 306 g/mol. The van der Waals surface area contributed by atoms with E-state index in [1.807, 2.05) is 24.3 Å². The van der Waals surface area contributed by atoms with Crippen molar-refractivity contribution < 1.29 is 14.4 Å². The van der Waals surface area contributed by atoms with Crippen molar-refractivity contribution in [3.63, 3.8) is 0 Å². The second-order valence-electron chi connectivity index (χ2n) is 4.45. The lowest BCUT2D eigenvalue weighted by molar-refractivity contribution is -0.167. The van der Waals surface area contributed by atoms with Crippen molar-refractivity contribution in [1.82, 2.24) is 5.06 Å². The molecule has 0 radical (unpaired) electrons. The molecule has 0 unspecified atom stereocenters. The number of hydrogen-bond donors (Lipinski definition) is 0. The van der Waals surface area contributed by atoms with Gasteiger partial charge in [0.15, 0.2) is 0 Å². The van der Waals surface area contributed by atoms with Gasteiger partial charge in [0.2, 0.25) is 5.91 Å². The molecule has 21 heavy (non-hydrogen) atoms. The summed E-state index contributed by atoms with van der Waals surface area (Å²) in [6, 6.07) is 14.5. The second-order valence-corrected chi connectivity index (χ2v) is 4.89. The van der Waals surface area contributed by atoms with Crippen LogP contribution in [-0.2, 0) is 16.1 Å². The predicted molar refractivity (Wildman–Crippen MR) is 81.5 cm³/mol. The lowest BCUT2D eigenvalue weighted by atomic mass is 10.1. The normalized spacial score (nSPS) is 10.2. The molecule has 110 valence electrons. The van der Waals surface area contributed by atoms with Crippen molar-refractivity contribution in [2.45, 2.75) is 6.42 Å². The first kappa shape index (κ1) is 15.4. The van der Waals surface area contributed by atoms with Crippen LogP contribution in [0.1, 0.15) is 5.56 Å². The first-order valence-corrected chi connectivity index (χ1v) is 6.79. The van der Waals surface area contributed by atoms with Crippen LogP contribution in [0.15, 0.2) is 48.5 Å². The highest BCUT2D eigenvalue weighted by Crippen LogP contribution is 2.23. The standard InChI is InChI=1S/C16H16ClNO3/c1-18(20-2)16(19)11-12-3-7-14(8-4-12)21-15-9-5-13(17)6-10-15/h3-10H,11H2,1-2H3. The Morgan fingerprint density at radius 1 is 1.05 bits per heavy atom. The summed E-state index contributed by atoms with van der Waals surface area (Å²) in [7, 11) is 3.04. The molecule has 2 aromatic rings. The van der Waals surface area contributed by atoms with Crippen molar-refractivity contribution in [3.05, 3.63) is 59.1 Å². The smallest absolute Gasteiger partial charge is 0.250 e. The summed E-state index contributed by atoms with van der Waals surface area (Å²) < 4.78 is 5.68. The Balaban J connectivity index is 1.98. The molecule has 1 amide bonds. The molecule has 4 nitrogen and oxygen atoms in total. The average Bonchev–Trinajstić information content (AvgIpc) is 2.50. The maximum Gasteiger partial charge on any atom is 0.250 e. The number of nitrogens with zero attached hydrogens (tertiary/aromatic N) is 1. The van der Waals surface area contributed by atoms with Gasteiger partial charge in [0.1, 0.15) is 11.5 Å². The molecule has 0 aliphatic heterocycles. The largest absolute Gasteiger partial charge is 0.457 e. The number of rotatable bonds is 5. The molecule has 0 fully saturated rings. The minimum atomic E-state index is -0.108. The summed E-state index contributed by atoms with van der Waals surface area (Å²) in [4.78, 5) is 16.6. The Kier molecular flexibility index (Phi) is 5.20. The van der Waals surface area contributed by atoms with E-state index in [0.29, 0.717) is 16.5 Å². The number of benzene rings is 2. The van der Waals surface area contributed by atoms with Crippen molar-refractivity contribution in [3.8, 4) is 11.5 Å². The zero-order valence-corrected chi connectivity index (χ0v) is 12.6. The summed E-state index contributed by atoms with van der Waals surface area (Å²) >= 11 is 5.82. The molecule has 0 heterocycles. The SMILES string of the molecule is CON(C)C(=O)Cc1ccc(Oc2ccc(Cl)cc2)cc1. The third-order valence-corrected chi connectivity index (χ3v) is 3.21. The Hall–Kier alpha value is -2.04. The van der Waals surface area contributed by atoms with Gasteiger partial charge in [0, 0.05) is 12.1 Å². The summed E-state index contributed by atoms with van der Waals surface area (Å²) in [6.45, 7) is 0. The Morgan fingerprint density at radius 3 is 2.10 bits per heavy atom. The summed E-state index contributed by atoms with van der Waals surface area (Å²) in [5.41, 5.74) is 0.896. The molecular weight excluding hydrogens is 290 g/mol. The molecule has 2 aromatic carbocycles. The van der Waals surface area contributed by atoms with Crippen LogP contribution in [0.25, 0.3) is 0 Å². The summed E-state index contributed by atoms with van der Waals surface area (Å²) in [5.74, 6) is 1.31. The molecule has 0 aliphatic rings. The number of likely N-dealkylation sites (N-methyl/N-ethyl adjacent to an activating group) is 1. The van der Waals surface area contributed by atoms with E-state index in [0.717, 1.165) is 5.56 Å². The highest BCUT2D eigenvalue weighted by Gasteiger charge is 2.09. The van der Waals surface area contributed by atoms with Gasteiger partial charge < -0.3 is 4.74 Å². The molecule has 2 rings (SSSR count). The fraction of sp³-hybridized carbons (Fsp3) is 0.188. The molecule has 0 saturated heterocycles. The van der Waals surface area contributed by atoms with E-state index in [9.17, 15) is 4.79 Å². The molecule has 0 N–H and O–H groups in total. The van der Waals surface area contributed by atoms with Crippen LogP contribution in [0.5, 0.6) is 11.5 Å². The van der Waals surface area contributed by atoms with Crippen LogP contribution in [0.3, 0.4) is 0 Å². The number of halogens is 1. The van der Waals surface area contributed by atoms with Gasteiger partial charge in [-0.05, 0) is 42.0 Å². The summed E-state index contributed by atoms with van der Waals surface area (Å²) in [6.07, 6.45) is 0.283. The van der Waals surface area contributed by atoms with E-state index in [2.05, 4.69) is 0 Å². The van der Waals surface area contributed by atoms with Crippen LogP contribution >= 0.6 is 11.6 Å². The maximum atomic E-state index is 11.7. The Morgan fingerprint density at radius 2 is 1.57 bits per heavy atom. The molecule has 5 heteroatoms. The number of amides is 1. The first-order chi connectivity index (χ1) is 10.1. The number of carbonyl (C=O) groups excluding carboxylic acids is 1. The lowest BCUT2D eigenvalue weighted by Crippen LogP contribution is -2.26. The zero-order chi connectivity index (χ0) is 15.2. The van der Waals surface area contributed by atoms with E-state index >= 15 is 0 Å². The van der Waals surface area contributed by atoms with Crippen molar-refractivity contribution in [1.29, 1.82) is 0 Å². The van der Waals surface area contributed by atoms with Gasteiger partial charge in [0.05, 0.1) is 13.5 Å². The lowest BCUT2D eigenvalue weighted by Gasteiger charge is -2.13. The van der Waals surface area contributed by atoms with Crippen LogP contribution in [-0.4, -0.2) is 25.1 Å². The molecule has 0 atom stereocenters. The molecule has 0 aromatic heterocycles. The van der Waals surface area contributed by atoms with Crippen molar-refractivity contribution in [2.24, 2.45) is 0 Å². The number of ether oxygens (including phenoxy) is 1. The third-order valence-electron chi connectivity index (χ3n) is 2.95. The second kappa shape index (κ2) is 7.11. The molecular formula is C16H16ClNO3. The van der Waals surface area contributed by atoms with Gasteiger partial charge in [-0.1, -0.05) is 23.7 Å². The van der Waals surface area contributed by atoms with Crippen molar-refractivity contribution >= 4 is 17.5 Å². The number of carbonyl (C=O) groups is 1. The highest BCUT2D eigenvalue weighted by atomic mass is 35.5. The monoisotopic (exact) mass is 305 g/mol. The van der Waals surface area contributed by atoms with Gasteiger partial charge in [0.25, 0.3) is 0 Å². The fourth-order valence-electron chi connectivity index (χ4n) is 1.70. The molecule has 0 spiro atoms. The zero-order valence-electron chi connectivity index (χ0n) is 11.9. The minimum absolute atomic E-state index is 0.108. The fourth-order valence-corrected chi connectivity index (χ4v) is 1.83. The van der Waals surface area contributed by atoms with E-state index in [1.54, 1.807) is 31.3 Å². The number of hydroxylamine groups is 2. The van der Waals surface area contributed by atoms with E-state index in [4.69, 9.17) is 21.2 Å². The van der Waals surface area contributed by atoms with Gasteiger partial charge in [-0.3, -0.25) is 9.63 Å². The predicted octanol–water partition coefficient (Wildman–Crippen LogP) is 3.69. The van der Waals surface area contributed by atoms with E-state index in [1.165, 1.54) is 12.2 Å². The topological polar surface area (TPSA) is 38.8 Å². The molecule has 0 saturated carbocycles. The van der Waals surface area contributed by atoms with Gasteiger partial charge in [-0.15, -0.1) is 0 Å². The molecule has 0 aliphatic carbocycles. The van der Waals surface area contributed by atoms with E-state index in [-0.39, 0.29) is 12.3 Å². The number of hydrogen-bond acceptors (Lipinski definition) is 3. The van der Waals surface area contributed by atoms with Crippen LogP contribution < -0.4 is 4.74 Å². The van der Waals surface area contributed by atoms with Crippen LogP contribution in [0, 0.1) is 0 Å².